The summed E-state index contributed by atoms with van der Waals surface area (Å²) in [6.07, 6.45) is 0. The normalized spacial score (nSPS) is 21.8. The Balaban J connectivity index is 2.04. The lowest BCUT2D eigenvalue weighted by Gasteiger charge is -2.31. The number of nitrogens with zero attached hydrogens (tertiary/aromatic N) is 1. The fourth-order valence-corrected chi connectivity index (χ4v) is 7.25. The lowest BCUT2D eigenvalue weighted by molar-refractivity contribution is 0.0301. The Morgan fingerprint density at radius 2 is 1.79 bits per heavy atom. The largest absolute Gasteiger partial charge is 0.397 e. The molecule has 2 aliphatic heterocycles. The molecule has 9 heteroatoms. The maximum atomic E-state index is 13.1. The van der Waals surface area contributed by atoms with Crippen LogP contribution in [0, 0.1) is 10.7 Å². The van der Waals surface area contributed by atoms with E-state index in [9.17, 15) is 4.79 Å². The van der Waals surface area contributed by atoms with E-state index in [1.807, 2.05) is 4.90 Å². The molecule has 0 bridgehead atoms. The van der Waals surface area contributed by atoms with Crippen LogP contribution in [-0.4, -0.2) is 56.9 Å². The summed E-state index contributed by atoms with van der Waals surface area (Å²) in [5, 5.41) is 3.47. The Kier molecular flexibility index (Phi) is 6.84. The van der Waals surface area contributed by atoms with Gasteiger partial charge in [-0.05, 0) is 67.8 Å². The molecule has 2 heterocycles. The lowest BCUT2D eigenvalue weighted by atomic mass is 10.0. The number of anilines is 1. The maximum Gasteiger partial charge on any atom is 0.256 e. The number of morpholine rings is 2. The molecule has 2 fully saturated rings. The molecule has 2 aliphatic rings. The van der Waals surface area contributed by atoms with Crippen LogP contribution < -0.4 is 11.1 Å². The molecule has 1 aromatic carbocycles. The molecule has 0 aliphatic carbocycles. The highest BCUT2D eigenvalue weighted by Gasteiger charge is 2.30. The quantitative estimate of drug-likeness (QED) is 0.374. The topological polar surface area (TPSA) is 76.8 Å². The number of hydrogen-bond donors (Lipinski definition) is 2. The molecule has 0 aromatic heterocycles. The number of ether oxygens (including phenoxy) is 2. The average Bonchev–Trinajstić information content (AvgIpc) is 2.61. The summed E-state index contributed by atoms with van der Waals surface area (Å²) in [5.41, 5.74) is 8.80. The van der Waals surface area contributed by atoms with Crippen LogP contribution >= 0.6 is 67.8 Å². The summed E-state index contributed by atoms with van der Waals surface area (Å²) < 4.78 is 13.8. The number of amides is 1. The van der Waals surface area contributed by atoms with Gasteiger partial charge in [-0.3, -0.25) is 4.79 Å². The van der Waals surface area contributed by atoms with Crippen molar-refractivity contribution < 1.29 is 14.3 Å². The van der Waals surface area contributed by atoms with Gasteiger partial charge in [0.15, 0.2) is 0 Å². The predicted molar refractivity (Wildman–Crippen MR) is 117 cm³/mol. The molecule has 2 saturated heterocycles. The first kappa shape index (κ1) is 19.3. The summed E-state index contributed by atoms with van der Waals surface area (Å²) in [7, 11) is 0. The number of hydrogen-bond acceptors (Lipinski definition) is 5. The van der Waals surface area contributed by atoms with Crippen molar-refractivity contribution in [3.8, 4) is 0 Å². The smallest absolute Gasteiger partial charge is 0.256 e. The molecule has 3 N–H and O–H groups in total. The molecular formula is C15H18I3N3O3. The highest BCUT2D eigenvalue weighted by Crippen LogP contribution is 2.38. The molecule has 24 heavy (non-hydrogen) atoms. The molecule has 0 saturated carbocycles. The third-order valence-corrected chi connectivity index (χ3v) is 7.57. The summed E-state index contributed by atoms with van der Waals surface area (Å²) >= 11 is 6.75. The molecule has 0 spiro atoms. The van der Waals surface area contributed by atoms with E-state index >= 15 is 0 Å². The Labute approximate surface area is 182 Å². The van der Waals surface area contributed by atoms with Crippen LogP contribution in [0.1, 0.15) is 22.0 Å². The van der Waals surface area contributed by atoms with Crippen molar-refractivity contribution in [3.63, 3.8) is 0 Å². The number of nitrogens with two attached hydrogens (primary N) is 1. The van der Waals surface area contributed by atoms with Gasteiger partial charge >= 0.3 is 0 Å². The van der Waals surface area contributed by atoms with Gasteiger partial charge in [0.2, 0.25) is 0 Å². The van der Waals surface area contributed by atoms with Crippen LogP contribution in [0.25, 0.3) is 0 Å². The van der Waals surface area contributed by atoms with E-state index in [1.165, 1.54) is 0 Å². The fraction of sp³-hybridized carbons (Fsp3) is 0.533. The third kappa shape index (κ3) is 3.80. The molecule has 132 valence electrons. The predicted octanol–water partition coefficient (Wildman–Crippen LogP) is 2.22. The van der Waals surface area contributed by atoms with Gasteiger partial charge < -0.3 is 25.4 Å². The minimum absolute atomic E-state index is 0.0353. The van der Waals surface area contributed by atoms with Crippen molar-refractivity contribution >= 4 is 79.4 Å². The first-order chi connectivity index (χ1) is 11.5. The molecule has 1 atom stereocenters. The molecule has 0 radical (unpaired) electrons. The first-order valence-corrected chi connectivity index (χ1v) is 10.9. The van der Waals surface area contributed by atoms with Crippen LogP contribution in [0.4, 0.5) is 5.69 Å². The van der Waals surface area contributed by atoms with Crippen molar-refractivity contribution in [2.75, 3.05) is 51.8 Å². The number of halogens is 3. The minimum atomic E-state index is 0.0353. The second-order valence-electron chi connectivity index (χ2n) is 5.63. The van der Waals surface area contributed by atoms with Crippen LogP contribution in [0.15, 0.2) is 0 Å². The van der Waals surface area contributed by atoms with Gasteiger partial charge in [0, 0.05) is 32.3 Å². The number of benzene rings is 1. The van der Waals surface area contributed by atoms with E-state index in [1.54, 1.807) is 0 Å². The first-order valence-electron chi connectivity index (χ1n) is 7.66. The van der Waals surface area contributed by atoms with E-state index in [0.717, 1.165) is 22.8 Å². The molecule has 1 aromatic rings. The second-order valence-corrected chi connectivity index (χ2v) is 8.87. The zero-order valence-electron chi connectivity index (χ0n) is 12.9. The van der Waals surface area contributed by atoms with E-state index in [-0.39, 0.29) is 11.9 Å². The van der Waals surface area contributed by atoms with Crippen molar-refractivity contribution in [1.29, 1.82) is 0 Å². The average molecular weight is 669 g/mol. The summed E-state index contributed by atoms with van der Waals surface area (Å²) in [4.78, 5) is 14.9. The number of carbonyl (C=O) groups excluding carboxylic acids is 1. The van der Waals surface area contributed by atoms with E-state index < -0.39 is 0 Å². The van der Waals surface area contributed by atoms with Gasteiger partial charge in [-0.25, -0.2) is 0 Å². The zero-order chi connectivity index (χ0) is 17.3. The van der Waals surface area contributed by atoms with Crippen molar-refractivity contribution in [2.45, 2.75) is 6.04 Å². The van der Waals surface area contributed by atoms with E-state index in [2.05, 4.69) is 73.1 Å². The molecule has 6 nitrogen and oxygen atoms in total. The Morgan fingerprint density at radius 3 is 2.42 bits per heavy atom. The van der Waals surface area contributed by atoms with Crippen molar-refractivity contribution in [2.24, 2.45) is 0 Å². The summed E-state index contributed by atoms with van der Waals surface area (Å²) in [6.45, 7) is 4.52. The SMILES string of the molecule is Nc1c(I)c(C(=O)N2CCOCC2)c(I)c(C2COCCN2)c1I. The minimum Gasteiger partial charge on any atom is -0.397 e. The van der Waals surface area contributed by atoms with Gasteiger partial charge in [-0.2, -0.15) is 0 Å². The van der Waals surface area contributed by atoms with Gasteiger partial charge in [0.1, 0.15) is 0 Å². The van der Waals surface area contributed by atoms with Crippen LogP contribution in [0.5, 0.6) is 0 Å². The van der Waals surface area contributed by atoms with E-state index in [4.69, 9.17) is 15.2 Å². The van der Waals surface area contributed by atoms with Crippen LogP contribution in [-0.2, 0) is 9.47 Å². The fourth-order valence-electron chi connectivity index (χ4n) is 2.87. The standard InChI is InChI=1S/C15H18I3N3O3/c16-11-9(8-7-24-4-1-20-8)12(17)14(19)13(18)10(11)15(22)21-2-5-23-6-3-21/h8,20H,1-7,19H2. The maximum absolute atomic E-state index is 13.1. The molecular weight excluding hydrogens is 651 g/mol. The number of nitrogen functional groups attached to an aromatic ring is 1. The zero-order valence-corrected chi connectivity index (χ0v) is 19.4. The lowest BCUT2D eigenvalue weighted by Crippen LogP contribution is -2.42. The third-order valence-electron chi connectivity index (χ3n) is 4.17. The van der Waals surface area contributed by atoms with Crippen molar-refractivity contribution in [1.82, 2.24) is 10.2 Å². The van der Waals surface area contributed by atoms with Gasteiger partial charge in [0.05, 0.1) is 47.3 Å². The van der Waals surface area contributed by atoms with Gasteiger partial charge in [-0.1, -0.05) is 0 Å². The number of nitrogens with one attached hydrogen (secondary N) is 1. The number of rotatable bonds is 2. The van der Waals surface area contributed by atoms with Gasteiger partial charge in [0.25, 0.3) is 5.91 Å². The Hall–Kier alpha value is 0.560. The molecule has 1 amide bonds. The molecule has 1 unspecified atom stereocenters. The highest BCUT2D eigenvalue weighted by atomic mass is 127. The van der Waals surface area contributed by atoms with Crippen LogP contribution in [0.3, 0.4) is 0 Å². The number of carbonyl (C=O) groups is 1. The Morgan fingerprint density at radius 1 is 1.08 bits per heavy atom. The summed E-state index contributed by atoms with van der Waals surface area (Å²) in [6, 6.07) is 0.0630. The highest BCUT2D eigenvalue weighted by molar-refractivity contribution is 14.1. The second kappa shape index (κ2) is 8.50. The van der Waals surface area contributed by atoms with E-state index in [0.29, 0.717) is 50.8 Å². The molecule has 3 rings (SSSR count). The van der Waals surface area contributed by atoms with Crippen molar-refractivity contribution in [3.05, 3.63) is 21.8 Å². The monoisotopic (exact) mass is 669 g/mol. The summed E-state index contributed by atoms with van der Waals surface area (Å²) in [5.74, 6) is 0.0353. The van der Waals surface area contributed by atoms with Gasteiger partial charge in [-0.15, -0.1) is 0 Å². The van der Waals surface area contributed by atoms with Crippen LogP contribution in [0.2, 0.25) is 0 Å². The Bertz CT molecular complexity index is 645.